The van der Waals surface area contributed by atoms with Crippen molar-refractivity contribution < 1.29 is 23.2 Å². The van der Waals surface area contributed by atoms with E-state index in [-0.39, 0.29) is 42.7 Å². The number of rotatable bonds is 4. The van der Waals surface area contributed by atoms with Crippen molar-refractivity contribution >= 4 is 17.7 Å². The molecule has 0 spiro atoms. The highest BCUT2D eigenvalue weighted by Gasteiger charge is 2.41. The molecule has 3 aliphatic heterocycles. The van der Waals surface area contributed by atoms with Crippen LogP contribution in [0.3, 0.4) is 0 Å². The highest BCUT2D eigenvalue weighted by molar-refractivity contribution is 6.05. The zero-order valence-corrected chi connectivity index (χ0v) is 19.0. The van der Waals surface area contributed by atoms with Crippen LogP contribution >= 0.6 is 0 Å². The summed E-state index contributed by atoms with van der Waals surface area (Å²) in [6.45, 7) is 2.23. The van der Waals surface area contributed by atoms with Gasteiger partial charge in [-0.25, -0.2) is 8.78 Å². The van der Waals surface area contributed by atoms with Gasteiger partial charge in [-0.1, -0.05) is 6.07 Å². The third-order valence-electron chi connectivity index (χ3n) is 7.24. The zero-order chi connectivity index (χ0) is 24.7. The average molecular weight is 478 g/mol. The number of nitriles is 1. The van der Waals surface area contributed by atoms with Crippen molar-refractivity contribution in [3.63, 3.8) is 0 Å². The summed E-state index contributed by atoms with van der Waals surface area (Å²) in [4.78, 5) is 40.6. The molecular formula is C26H24F2N4O3. The Morgan fingerprint density at radius 1 is 1.06 bits per heavy atom. The molecule has 3 aliphatic rings. The number of hydrogen-bond acceptors (Lipinski definition) is 5. The van der Waals surface area contributed by atoms with E-state index in [2.05, 4.69) is 10.2 Å². The highest BCUT2D eigenvalue weighted by Crippen LogP contribution is 2.38. The standard InChI is InChI=1S/C26H24F2N4O3/c27-18-10-19(16-5-7-31(8-6-16)13-15-1-2-17(12-29)22(28)9-15)21-14-32(26(35)20(21)11-18)23-3-4-24(33)30-25(23)34/h1-2,9-11,16,23H,3-8,13-14H2,(H,30,33,34). The molecule has 3 amide bonds. The summed E-state index contributed by atoms with van der Waals surface area (Å²) < 4.78 is 28.5. The SMILES string of the molecule is N#Cc1ccc(CN2CCC(c3cc(F)cc4c3CN(C3CCC(=O)NC3=O)C4=O)CC2)cc1F. The molecule has 180 valence electrons. The maximum Gasteiger partial charge on any atom is 0.255 e. The van der Waals surface area contributed by atoms with Gasteiger partial charge in [-0.05, 0) is 79.2 Å². The monoisotopic (exact) mass is 478 g/mol. The smallest absolute Gasteiger partial charge is 0.255 e. The molecule has 3 heterocycles. The van der Waals surface area contributed by atoms with E-state index in [0.29, 0.717) is 12.1 Å². The fourth-order valence-electron chi connectivity index (χ4n) is 5.43. The van der Waals surface area contributed by atoms with Gasteiger partial charge in [0.25, 0.3) is 5.91 Å². The Balaban J connectivity index is 1.30. The molecule has 35 heavy (non-hydrogen) atoms. The van der Waals surface area contributed by atoms with Crippen molar-refractivity contribution in [2.24, 2.45) is 0 Å². The van der Waals surface area contributed by atoms with E-state index >= 15 is 0 Å². The number of likely N-dealkylation sites (tertiary alicyclic amines) is 1. The van der Waals surface area contributed by atoms with Crippen LogP contribution in [0.25, 0.3) is 0 Å². The molecule has 2 saturated heterocycles. The lowest BCUT2D eigenvalue weighted by Crippen LogP contribution is -2.52. The molecule has 7 nitrogen and oxygen atoms in total. The van der Waals surface area contributed by atoms with E-state index in [0.717, 1.165) is 42.6 Å². The van der Waals surface area contributed by atoms with E-state index in [1.165, 1.54) is 29.2 Å². The number of carbonyl (C=O) groups excluding carboxylic acids is 3. The second kappa shape index (κ2) is 9.19. The van der Waals surface area contributed by atoms with Gasteiger partial charge in [-0.3, -0.25) is 24.6 Å². The third-order valence-corrected chi connectivity index (χ3v) is 7.24. The molecule has 1 N–H and O–H groups in total. The molecule has 2 aromatic carbocycles. The van der Waals surface area contributed by atoms with Crippen LogP contribution in [-0.2, 0) is 22.7 Å². The van der Waals surface area contributed by atoms with Crippen LogP contribution in [0, 0.1) is 23.0 Å². The number of imide groups is 1. The Labute approximate surface area is 201 Å². The number of fused-ring (bicyclic) bond motifs is 1. The maximum atomic E-state index is 14.5. The lowest BCUT2D eigenvalue weighted by Gasteiger charge is -2.33. The Kier molecular flexibility index (Phi) is 6.07. The Morgan fingerprint density at radius 2 is 1.83 bits per heavy atom. The third kappa shape index (κ3) is 4.42. The number of nitrogens with one attached hydrogen (secondary N) is 1. The van der Waals surface area contributed by atoms with Crippen molar-refractivity contribution in [3.8, 4) is 6.07 Å². The first-order valence-electron chi connectivity index (χ1n) is 11.7. The number of halogens is 2. The molecule has 1 unspecified atom stereocenters. The van der Waals surface area contributed by atoms with Crippen LogP contribution < -0.4 is 5.32 Å². The van der Waals surface area contributed by atoms with E-state index < -0.39 is 23.6 Å². The lowest BCUT2D eigenvalue weighted by atomic mass is 9.85. The van der Waals surface area contributed by atoms with Gasteiger partial charge in [0, 0.05) is 25.1 Å². The van der Waals surface area contributed by atoms with Crippen molar-refractivity contribution in [2.45, 2.75) is 50.7 Å². The van der Waals surface area contributed by atoms with Gasteiger partial charge in [-0.15, -0.1) is 0 Å². The van der Waals surface area contributed by atoms with E-state index in [1.807, 2.05) is 6.07 Å². The number of hydrogen-bond donors (Lipinski definition) is 1. The van der Waals surface area contributed by atoms with Gasteiger partial charge in [0.1, 0.15) is 23.7 Å². The summed E-state index contributed by atoms with van der Waals surface area (Å²) in [6, 6.07) is 8.44. The molecule has 1 atom stereocenters. The van der Waals surface area contributed by atoms with Crippen molar-refractivity contribution in [1.29, 1.82) is 5.26 Å². The predicted molar refractivity (Wildman–Crippen MR) is 121 cm³/mol. The van der Waals surface area contributed by atoms with Gasteiger partial charge in [-0.2, -0.15) is 5.26 Å². The van der Waals surface area contributed by atoms with Crippen LogP contribution in [0.5, 0.6) is 0 Å². The maximum absolute atomic E-state index is 14.5. The Morgan fingerprint density at radius 3 is 2.51 bits per heavy atom. The van der Waals surface area contributed by atoms with E-state index in [4.69, 9.17) is 5.26 Å². The fourth-order valence-corrected chi connectivity index (χ4v) is 5.43. The average Bonchev–Trinajstić information content (AvgIpc) is 3.15. The molecule has 2 fully saturated rings. The van der Waals surface area contributed by atoms with Crippen molar-refractivity contribution in [3.05, 3.63) is 69.8 Å². The largest absolute Gasteiger partial charge is 0.322 e. The van der Waals surface area contributed by atoms with Crippen molar-refractivity contribution in [1.82, 2.24) is 15.1 Å². The molecule has 9 heteroatoms. The number of nitrogens with zero attached hydrogens (tertiary/aromatic N) is 3. The van der Waals surface area contributed by atoms with Crippen LogP contribution in [0.2, 0.25) is 0 Å². The minimum absolute atomic E-state index is 0.0216. The molecule has 0 aromatic heterocycles. The number of piperidine rings is 2. The fraction of sp³-hybridized carbons (Fsp3) is 0.385. The first-order chi connectivity index (χ1) is 16.8. The molecule has 5 rings (SSSR count). The van der Waals surface area contributed by atoms with Crippen LogP contribution in [0.4, 0.5) is 8.78 Å². The summed E-state index contributed by atoms with van der Waals surface area (Å²) in [5.74, 6) is -2.17. The number of carbonyl (C=O) groups is 3. The van der Waals surface area contributed by atoms with E-state index in [1.54, 1.807) is 6.07 Å². The van der Waals surface area contributed by atoms with Crippen LogP contribution in [0.1, 0.15) is 64.2 Å². The van der Waals surface area contributed by atoms with Crippen molar-refractivity contribution in [2.75, 3.05) is 13.1 Å². The summed E-state index contributed by atoms with van der Waals surface area (Å²) in [5.41, 5.74) is 2.66. The first-order valence-corrected chi connectivity index (χ1v) is 11.7. The van der Waals surface area contributed by atoms with Crippen LogP contribution in [0.15, 0.2) is 30.3 Å². The van der Waals surface area contributed by atoms with E-state index in [9.17, 15) is 23.2 Å². The number of benzene rings is 2. The quantitative estimate of drug-likeness (QED) is 0.682. The second-order valence-electron chi connectivity index (χ2n) is 9.40. The van der Waals surface area contributed by atoms with Gasteiger partial charge in [0.15, 0.2) is 0 Å². The van der Waals surface area contributed by atoms with Gasteiger partial charge >= 0.3 is 0 Å². The first kappa shape index (κ1) is 23.1. The predicted octanol–water partition coefficient (Wildman–Crippen LogP) is 2.98. The van der Waals surface area contributed by atoms with Crippen LogP contribution in [-0.4, -0.2) is 46.7 Å². The molecule has 2 aromatic rings. The molecule has 0 aliphatic carbocycles. The zero-order valence-electron chi connectivity index (χ0n) is 19.0. The molecule has 0 bridgehead atoms. The van der Waals surface area contributed by atoms with Gasteiger partial charge < -0.3 is 4.90 Å². The Hall–Kier alpha value is -3.64. The minimum Gasteiger partial charge on any atom is -0.322 e. The lowest BCUT2D eigenvalue weighted by molar-refractivity contribution is -0.136. The summed E-state index contributed by atoms with van der Waals surface area (Å²) >= 11 is 0. The Bertz CT molecular complexity index is 1260. The van der Waals surface area contributed by atoms with Gasteiger partial charge in [0.2, 0.25) is 11.8 Å². The molecule has 0 radical (unpaired) electrons. The molecule has 0 saturated carbocycles. The highest BCUT2D eigenvalue weighted by atomic mass is 19.1. The number of amides is 3. The second-order valence-corrected chi connectivity index (χ2v) is 9.40. The normalized spacial score (nSPS) is 21.1. The summed E-state index contributed by atoms with van der Waals surface area (Å²) in [7, 11) is 0. The topological polar surface area (TPSA) is 93.5 Å². The summed E-state index contributed by atoms with van der Waals surface area (Å²) in [5, 5.41) is 11.2. The van der Waals surface area contributed by atoms with Gasteiger partial charge in [0.05, 0.1) is 5.56 Å². The molecular weight excluding hydrogens is 454 g/mol. The minimum atomic E-state index is -0.738. The summed E-state index contributed by atoms with van der Waals surface area (Å²) in [6.07, 6.45) is 1.93.